The number of benzene rings is 2. The molecule has 0 bridgehead atoms. The topological polar surface area (TPSA) is 49.7 Å². The zero-order valence-electron chi connectivity index (χ0n) is 10.2. The van der Waals surface area contributed by atoms with E-state index in [1.807, 2.05) is 0 Å². The summed E-state index contributed by atoms with van der Waals surface area (Å²) >= 11 is 5.92. The summed E-state index contributed by atoms with van der Waals surface area (Å²) in [4.78, 5) is 0. The van der Waals surface area contributed by atoms with Crippen LogP contribution in [0.25, 0.3) is 0 Å². The zero-order chi connectivity index (χ0) is 15.3. The molecular formula is C17H26Br2F2O3. The first-order valence-electron chi connectivity index (χ1n) is 5.21. The number of rotatable bonds is 1. The highest BCUT2D eigenvalue weighted by atomic mass is 79.9. The van der Waals surface area contributed by atoms with E-state index in [1.54, 1.807) is 0 Å². The largest absolute Gasteiger partial charge is 0.507 e. The molecule has 0 atom stereocenters. The summed E-state index contributed by atoms with van der Waals surface area (Å²) in [6.07, 6.45) is 0. The third-order valence-corrected chi connectivity index (χ3v) is 3.36. The normalized spacial score (nSPS) is 8.04. The third kappa shape index (κ3) is 9.08. The van der Waals surface area contributed by atoms with Gasteiger partial charge in [-0.2, -0.15) is 0 Å². The SMILES string of the molecule is C.C.C.C.COc1cc(F)cc(Br)c1O.Oc1ccc(F)cc1Br. The maximum atomic E-state index is 12.6. The Labute approximate surface area is 160 Å². The van der Waals surface area contributed by atoms with Gasteiger partial charge in [-0.1, -0.05) is 29.7 Å². The van der Waals surface area contributed by atoms with Crippen molar-refractivity contribution in [3.63, 3.8) is 0 Å². The Hall–Kier alpha value is -1.34. The van der Waals surface area contributed by atoms with Crippen LogP contribution in [-0.2, 0) is 0 Å². The molecule has 24 heavy (non-hydrogen) atoms. The Bertz CT molecular complexity index is 609. The van der Waals surface area contributed by atoms with Crippen molar-refractivity contribution in [2.24, 2.45) is 0 Å². The number of hydrogen-bond acceptors (Lipinski definition) is 3. The highest BCUT2D eigenvalue weighted by molar-refractivity contribution is 9.10. The lowest BCUT2D eigenvalue weighted by molar-refractivity contribution is 0.368. The van der Waals surface area contributed by atoms with Crippen LogP contribution in [0.5, 0.6) is 17.2 Å². The van der Waals surface area contributed by atoms with Gasteiger partial charge in [-0.25, -0.2) is 8.78 Å². The monoisotopic (exact) mass is 474 g/mol. The van der Waals surface area contributed by atoms with Crippen LogP contribution in [0.2, 0.25) is 0 Å². The van der Waals surface area contributed by atoms with E-state index in [-0.39, 0.29) is 57.2 Å². The average molecular weight is 476 g/mol. The maximum Gasteiger partial charge on any atom is 0.172 e. The van der Waals surface area contributed by atoms with Crippen LogP contribution in [0, 0.1) is 11.6 Å². The first kappa shape index (κ1) is 30.5. The first-order valence-corrected chi connectivity index (χ1v) is 6.79. The molecule has 0 fully saturated rings. The summed E-state index contributed by atoms with van der Waals surface area (Å²) in [6.45, 7) is 0. The van der Waals surface area contributed by atoms with E-state index in [1.165, 1.54) is 25.3 Å². The summed E-state index contributed by atoms with van der Waals surface area (Å²) in [5.74, 6) is -0.728. The van der Waals surface area contributed by atoms with Gasteiger partial charge < -0.3 is 14.9 Å². The third-order valence-electron chi connectivity index (χ3n) is 2.12. The van der Waals surface area contributed by atoms with Crippen molar-refractivity contribution in [3.8, 4) is 17.2 Å². The van der Waals surface area contributed by atoms with Crippen LogP contribution in [0.4, 0.5) is 8.78 Å². The molecule has 0 spiro atoms. The quantitative estimate of drug-likeness (QED) is 0.460. The van der Waals surface area contributed by atoms with Crippen molar-refractivity contribution < 1.29 is 23.7 Å². The molecule has 0 radical (unpaired) electrons. The van der Waals surface area contributed by atoms with E-state index in [2.05, 4.69) is 36.6 Å². The molecule has 0 saturated carbocycles. The van der Waals surface area contributed by atoms with Crippen molar-refractivity contribution in [2.45, 2.75) is 29.7 Å². The predicted molar refractivity (Wildman–Crippen MR) is 105 cm³/mol. The van der Waals surface area contributed by atoms with E-state index in [0.717, 1.165) is 12.1 Å². The minimum Gasteiger partial charge on any atom is -0.507 e. The van der Waals surface area contributed by atoms with Crippen LogP contribution in [-0.4, -0.2) is 17.3 Å². The molecule has 0 saturated heterocycles. The summed E-state index contributed by atoms with van der Waals surface area (Å²) in [6, 6.07) is 5.97. The van der Waals surface area contributed by atoms with Crippen LogP contribution in [0.3, 0.4) is 0 Å². The van der Waals surface area contributed by atoms with Crippen molar-refractivity contribution >= 4 is 31.9 Å². The lowest BCUT2D eigenvalue weighted by atomic mass is 10.3. The molecule has 0 unspecified atom stereocenters. The summed E-state index contributed by atoms with van der Waals surface area (Å²) in [7, 11) is 1.36. The molecule has 0 amide bonds. The van der Waals surface area contributed by atoms with Gasteiger partial charge in [-0.3, -0.25) is 0 Å². The highest BCUT2D eigenvalue weighted by Gasteiger charge is 2.07. The predicted octanol–water partition coefficient (Wildman–Crippen LogP) is 7.14. The fourth-order valence-corrected chi connectivity index (χ4v) is 1.94. The number of hydrogen-bond donors (Lipinski definition) is 2. The van der Waals surface area contributed by atoms with Gasteiger partial charge in [0.1, 0.15) is 17.4 Å². The van der Waals surface area contributed by atoms with Crippen LogP contribution in [0.1, 0.15) is 29.7 Å². The van der Waals surface area contributed by atoms with E-state index in [4.69, 9.17) is 5.11 Å². The summed E-state index contributed by atoms with van der Waals surface area (Å²) in [5.41, 5.74) is 0. The van der Waals surface area contributed by atoms with Gasteiger partial charge in [0, 0.05) is 6.07 Å². The van der Waals surface area contributed by atoms with Gasteiger partial charge in [0.25, 0.3) is 0 Å². The van der Waals surface area contributed by atoms with Crippen LogP contribution >= 0.6 is 31.9 Å². The van der Waals surface area contributed by atoms with E-state index < -0.39 is 5.82 Å². The van der Waals surface area contributed by atoms with E-state index in [0.29, 0.717) is 4.47 Å². The van der Waals surface area contributed by atoms with Crippen LogP contribution < -0.4 is 4.74 Å². The van der Waals surface area contributed by atoms with Gasteiger partial charge >= 0.3 is 0 Å². The Morgan fingerprint density at radius 1 is 0.833 bits per heavy atom. The van der Waals surface area contributed by atoms with Crippen LogP contribution in [0.15, 0.2) is 39.3 Å². The lowest BCUT2D eigenvalue weighted by Gasteiger charge is -2.03. The molecule has 7 heteroatoms. The molecule has 2 aromatic rings. The number of phenols is 2. The molecular weight excluding hydrogens is 450 g/mol. The number of aromatic hydroxyl groups is 2. The standard InChI is InChI=1S/C7H6BrFO2.C6H4BrFO.4CH4/c1-11-6-3-4(9)2-5(8)7(6)10;7-5-3-4(8)1-2-6(5)9;;;;/h2-3,10H,1H3;1-3,9H;4*1H4. The van der Waals surface area contributed by atoms with Gasteiger partial charge in [0.05, 0.1) is 16.1 Å². The Kier molecular flexibility index (Phi) is 17.9. The number of phenolic OH excluding ortho intramolecular Hbond substituents is 2. The molecule has 0 aliphatic heterocycles. The van der Waals surface area contributed by atoms with E-state index >= 15 is 0 Å². The molecule has 2 rings (SSSR count). The van der Waals surface area contributed by atoms with Gasteiger partial charge in [0.2, 0.25) is 0 Å². The van der Waals surface area contributed by atoms with E-state index in [9.17, 15) is 13.9 Å². The van der Waals surface area contributed by atoms with Gasteiger partial charge in [-0.15, -0.1) is 0 Å². The molecule has 0 aliphatic carbocycles. The Balaban J connectivity index is -0.000000145. The summed E-state index contributed by atoms with van der Waals surface area (Å²) < 4.78 is 30.1. The number of ether oxygens (including phenoxy) is 1. The minimum atomic E-state index is -0.452. The molecule has 3 nitrogen and oxygen atoms in total. The Morgan fingerprint density at radius 3 is 1.75 bits per heavy atom. The average Bonchev–Trinajstić information content (AvgIpc) is 2.39. The molecule has 0 heterocycles. The van der Waals surface area contributed by atoms with Crippen molar-refractivity contribution in [1.29, 1.82) is 0 Å². The molecule has 0 aliphatic rings. The van der Waals surface area contributed by atoms with Gasteiger partial charge in [0.15, 0.2) is 11.5 Å². The zero-order valence-corrected chi connectivity index (χ0v) is 13.4. The Morgan fingerprint density at radius 2 is 1.33 bits per heavy atom. The second-order valence-electron chi connectivity index (χ2n) is 3.53. The lowest BCUT2D eigenvalue weighted by Crippen LogP contribution is -1.85. The second-order valence-corrected chi connectivity index (χ2v) is 5.24. The highest BCUT2D eigenvalue weighted by Crippen LogP contribution is 2.34. The van der Waals surface area contributed by atoms with Crippen molar-refractivity contribution in [2.75, 3.05) is 7.11 Å². The summed E-state index contributed by atoms with van der Waals surface area (Å²) in [5, 5.41) is 18.0. The molecule has 2 N–H and O–H groups in total. The minimum absolute atomic E-state index is 0. The fourth-order valence-electron chi connectivity index (χ4n) is 1.18. The molecule has 140 valence electrons. The molecule has 0 aromatic heterocycles. The second kappa shape index (κ2) is 14.0. The molecule has 2 aromatic carbocycles. The van der Waals surface area contributed by atoms with Crippen molar-refractivity contribution in [3.05, 3.63) is 50.9 Å². The fraction of sp³-hybridized carbons (Fsp3) is 0.294. The smallest absolute Gasteiger partial charge is 0.172 e. The maximum absolute atomic E-state index is 12.6. The first-order chi connectivity index (χ1) is 9.35. The van der Waals surface area contributed by atoms with Crippen molar-refractivity contribution in [1.82, 2.24) is 0 Å². The number of halogens is 4. The number of methoxy groups -OCH3 is 1. The van der Waals surface area contributed by atoms with Gasteiger partial charge in [-0.05, 0) is 56.1 Å².